The fraction of sp³-hybridized carbons (Fsp3) is 0.273. The van der Waals surface area contributed by atoms with Crippen LogP contribution in [-0.2, 0) is 4.79 Å². The van der Waals surface area contributed by atoms with Crippen LogP contribution in [0.25, 0.3) is 11.3 Å². The third kappa shape index (κ3) is 3.93. The molecule has 0 fully saturated rings. The maximum Gasteiger partial charge on any atom is 0.247 e. The van der Waals surface area contributed by atoms with Gasteiger partial charge >= 0.3 is 0 Å². The van der Waals surface area contributed by atoms with Crippen molar-refractivity contribution in [1.29, 1.82) is 0 Å². The van der Waals surface area contributed by atoms with E-state index in [1.54, 1.807) is 56.4 Å². The molecular formula is C22H21ClN4O4S. The van der Waals surface area contributed by atoms with Gasteiger partial charge in [0, 0.05) is 23.1 Å². The number of anilines is 1. The Morgan fingerprint density at radius 1 is 1.19 bits per heavy atom. The molecule has 2 aromatic carbocycles. The number of nitrogens with zero attached hydrogens (tertiary/aromatic N) is 4. The number of fused-ring (bicyclic) bond motifs is 3. The first-order valence-electron chi connectivity index (χ1n) is 9.80. The van der Waals surface area contributed by atoms with E-state index >= 15 is 0 Å². The molecule has 0 bridgehead atoms. The maximum atomic E-state index is 13.2. The van der Waals surface area contributed by atoms with E-state index in [9.17, 15) is 4.79 Å². The molecule has 166 valence electrons. The van der Waals surface area contributed by atoms with Crippen LogP contribution in [0.1, 0.15) is 25.1 Å². The Kier molecular flexibility index (Phi) is 6.38. The Labute approximate surface area is 194 Å². The van der Waals surface area contributed by atoms with Crippen molar-refractivity contribution in [3.8, 4) is 28.6 Å². The zero-order chi connectivity index (χ0) is 22.8. The monoisotopic (exact) mass is 472 g/mol. The molecule has 1 aliphatic heterocycles. The zero-order valence-corrected chi connectivity index (χ0v) is 19.5. The molecule has 10 heteroatoms. The smallest absolute Gasteiger partial charge is 0.247 e. The Bertz CT molecular complexity index is 1180. The molecule has 0 radical (unpaired) electrons. The van der Waals surface area contributed by atoms with Crippen LogP contribution in [0.4, 0.5) is 5.69 Å². The molecule has 0 spiro atoms. The number of methoxy groups -OCH3 is 2. The highest BCUT2D eigenvalue weighted by Gasteiger charge is 2.37. The van der Waals surface area contributed by atoms with E-state index in [2.05, 4.69) is 15.2 Å². The minimum Gasteiger partial charge on any atom is -0.497 e. The predicted octanol–water partition coefficient (Wildman–Crippen LogP) is 4.77. The van der Waals surface area contributed by atoms with Crippen LogP contribution in [0, 0.1) is 0 Å². The van der Waals surface area contributed by atoms with Crippen molar-refractivity contribution in [2.45, 2.75) is 24.7 Å². The van der Waals surface area contributed by atoms with Crippen LogP contribution in [0.15, 0.2) is 41.6 Å². The average molecular weight is 473 g/mol. The van der Waals surface area contributed by atoms with Gasteiger partial charge < -0.3 is 14.2 Å². The lowest BCUT2D eigenvalue weighted by molar-refractivity contribution is -0.120. The summed E-state index contributed by atoms with van der Waals surface area (Å²) in [5.74, 6) is 1.23. The van der Waals surface area contributed by atoms with Gasteiger partial charge in [0.15, 0.2) is 5.69 Å². The van der Waals surface area contributed by atoms with E-state index in [0.29, 0.717) is 44.2 Å². The van der Waals surface area contributed by atoms with E-state index in [4.69, 9.17) is 25.8 Å². The SMILES string of the molecule is CCC(=O)N1c2ccc(Cl)cc2-c2nnc(SC)nc2O[C@@H]1c1ccc(OC)cc1OC. The number of carbonyl (C=O) groups excluding carboxylic acids is 1. The Hall–Kier alpha value is -3.04. The summed E-state index contributed by atoms with van der Waals surface area (Å²) in [6.07, 6.45) is 1.24. The lowest BCUT2D eigenvalue weighted by atomic mass is 10.1. The number of aromatic nitrogens is 3. The third-order valence-corrected chi connectivity index (χ3v) is 5.80. The number of benzene rings is 2. The molecule has 1 aliphatic rings. The van der Waals surface area contributed by atoms with Crippen molar-refractivity contribution in [1.82, 2.24) is 15.2 Å². The van der Waals surface area contributed by atoms with Crippen molar-refractivity contribution in [3.05, 3.63) is 47.0 Å². The summed E-state index contributed by atoms with van der Waals surface area (Å²) in [5.41, 5.74) is 2.24. The molecule has 1 amide bonds. The van der Waals surface area contributed by atoms with Crippen molar-refractivity contribution in [3.63, 3.8) is 0 Å². The number of carbonyl (C=O) groups is 1. The fourth-order valence-corrected chi connectivity index (χ4v) is 3.96. The summed E-state index contributed by atoms with van der Waals surface area (Å²) >= 11 is 7.64. The van der Waals surface area contributed by atoms with Gasteiger partial charge in [-0.05, 0) is 36.6 Å². The highest BCUT2D eigenvalue weighted by atomic mass is 35.5. The number of thioether (sulfide) groups is 1. The first-order valence-corrected chi connectivity index (χ1v) is 11.4. The van der Waals surface area contributed by atoms with Crippen LogP contribution in [0.2, 0.25) is 5.02 Å². The van der Waals surface area contributed by atoms with Crippen LogP contribution < -0.4 is 19.1 Å². The Balaban J connectivity index is 2.01. The molecule has 1 aromatic heterocycles. The molecule has 1 atom stereocenters. The molecular weight excluding hydrogens is 452 g/mol. The summed E-state index contributed by atoms with van der Waals surface area (Å²) in [6.45, 7) is 1.79. The highest BCUT2D eigenvalue weighted by molar-refractivity contribution is 7.98. The number of ether oxygens (including phenoxy) is 3. The van der Waals surface area contributed by atoms with Crippen LogP contribution in [0.5, 0.6) is 17.4 Å². The normalized spacial score (nSPS) is 14.7. The second-order valence-electron chi connectivity index (χ2n) is 6.81. The van der Waals surface area contributed by atoms with Gasteiger partial charge in [-0.15, -0.1) is 10.2 Å². The van der Waals surface area contributed by atoms with E-state index in [0.717, 1.165) is 0 Å². The summed E-state index contributed by atoms with van der Waals surface area (Å²) < 4.78 is 17.3. The van der Waals surface area contributed by atoms with Gasteiger partial charge in [0.05, 0.1) is 25.5 Å². The largest absolute Gasteiger partial charge is 0.497 e. The molecule has 0 unspecified atom stereocenters. The zero-order valence-electron chi connectivity index (χ0n) is 18.0. The van der Waals surface area contributed by atoms with Gasteiger partial charge in [-0.2, -0.15) is 4.98 Å². The quantitative estimate of drug-likeness (QED) is 0.491. The van der Waals surface area contributed by atoms with E-state index in [-0.39, 0.29) is 18.2 Å². The molecule has 2 heterocycles. The van der Waals surface area contributed by atoms with Gasteiger partial charge in [0.1, 0.15) is 11.5 Å². The van der Waals surface area contributed by atoms with Gasteiger partial charge in [-0.1, -0.05) is 30.3 Å². The average Bonchev–Trinajstić information content (AvgIpc) is 2.96. The summed E-state index contributed by atoms with van der Waals surface area (Å²) in [5, 5.41) is 9.45. The molecule has 0 saturated heterocycles. The van der Waals surface area contributed by atoms with Crippen LogP contribution >= 0.6 is 23.4 Å². The maximum absolute atomic E-state index is 13.2. The van der Waals surface area contributed by atoms with Crippen molar-refractivity contribution in [2.24, 2.45) is 0 Å². The first kappa shape index (κ1) is 22.2. The van der Waals surface area contributed by atoms with Gasteiger partial charge in [0.2, 0.25) is 23.2 Å². The number of hydrogen-bond donors (Lipinski definition) is 0. The van der Waals surface area contributed by atoms with Gasteiger partial charge in [-0.25, -0.2) is 0 Å². The number of hydrogen-bond acceptors (Lipinski definition) is 8. The molecule has 8 nitrogen and oxygen atoms in total. The number of rotatable bonds is 5. The summed E-state index contributed by atoms with van der Waals surface area (Å²) in [6, 6.07) is 10.6. The fourth-order valence-electron chi connectivity index (χ4n) is 3.49. The van der Waals surface area contributed by atoms with E-state index in [1.807, 2.05) is 12.3 Å². The number of halogens is 1. The number of amides is 1. The lowest BCUT2D eigenvalue weighted by Crippen LogP contribution is -2.37. The van der Waals surface area contributed by atoms with Crippen molar-refractivity contribution < 1.29 is 19.0 Å². The van der Waals surface area contributed by atoms with Crippen molar-refractivity contribution >= 4 is 35.0 Å². The lowest BCUT2D eigenvalue weighted by Gasteiger charge is -2.31. The van der Waals surface area contributed by atoms with Crippen molar-refractivity contribution in [2.75, 3.05) is 25.4 Å². The standard InChI is InChI=1S/C22H21ClN4O4S/c1-5-18(28)27-16-9-6-12(23)10-15(16)19-20(24-22(32-4)26-25-19)31-21(27)14-8-7-13(29-2)11-17(14)30-3/h6-11,21H,5H2,1-4H3/t21-/m1/s1. The molecule has 0 aliphatic carbocycles. The third-order valence-electron chi connectivity index (χ3n) is 5.03. The van der Waals surface area contributed by atoms with Gasteiger partial charge in [0.25, 0.3) is 0 Å². The molecule has 0 N–H and O–H groups in total. The predicted molar refractivity (Wildman–Crippen MR) is 123 cm³/mol. The second kappa shape index (κ2) is 9.22. The topological polar surface area (TPSA) is 86.7 Å². The first-order chi connectivity index (χ1) is 15.5. The minimum absolute atomic E-state index is 0.151. The van der Waals surface area contributed by atoms with E-state index < -0.39 is 6.23 Å². The second-order valence-corrected chi connectivity index (χ2v) is 8.02. The van der Waals surface area contributed by atoms with E-state index in [1.165, 1.54) is 11.8 Å². The minimum atomic E-state index is -0.865. The molecule has 4 rings (SSSR count). The highest BCUT2D eigenvalue weighted by Crippen LogP contribution is 2.46. The molecule has 32 heavy (non-hydrogen) atoms. The Morgan fingerprint density at radius 3 is 2.69 bits per heavy atom. The summed E-state index contributed by atoms with van der Waals surface area (Å²) in [7, 11) is 3.13. The summed E-state index contributed by atoms with van der Waals surface area (Å²) in [4.78, 5) is 19.3. The molecule has 0 saturated carbocycles. The molecule has 3 aromatic rings. The Morgan fingerprint density at radius 2 is 2.00 bits per heavy atom. The van der Waals surface area contributed by atoms with Crippen LogP contribution in [-0.4, -0.2) is 41.6 Å². The van der Waals surface area contributed by atoms with Gasteiger partial charge in [-0.3, -0.25) is 9.69 Å². The van der Waals surface area contributed by atoms with Crippen LogP contribution in [0.3, 0.4) is 0 Å².